The van der Waals surface area contributed by atoms with Crippen molar-refractivity contribution in [3.8, 4) is 0 Å². The molecule has 1 aliphatic rings. The van der Waals surface area contributed by atoms with Gasteiger partial charge in [-0.05, 0) is 38.8 Å². The van der Waals surface area contributed by atoms with Gasteiger partial charge in [0.15, 0.2) is 0 Å². The second kappa shape index (κ2) is 4.15. The summed E-state index contributed by atoms with van der Waals surface area (Å²) >= 11 is 0. The Bertz CT molecular complexity index is 440. The predicted octanol–water partition coefficient (Wildman–Crippen LogP) is 1.95. The molecular formula is C14H20N2O. The van der Waals surface area contributed by atoms with E-state index in [9.17, 15) is 4.79 Å². The van der Waals surface area contributed by atoms with Crippen LogP contribution in [0.25, 0.3) is 0 Å². The Balaban J connectivity index is 2.31. The van der Waals surface area contributed by atoms with Crippen LogP contribution in [-0.4, -0.2) is 28.9 Å². The second-order valence-electron chi connectivity index (χ2n) is 5.32. The summed E-state index contributed by atoms with van der Waals surface area (Å²) in [5.74, 6) is 0.0982. The Kier molecular flexibility index (Phi) is 2.96. The summed E-state index contributed by atoms with van der Waals surface area (Å²) < 4.78 is 0. The number of hydrogen-bond donors (Lipinski definition) is 1. The number of aryl methyl sites for hydroxylation is 1. The van der Waals surface area contributed by atoms with Crippen LogP contribution in [0.3, 0.4) is 0 Å². The number of rotatable bonds is 1. The van der Waals surface area contributed by atoms with Crippen LogP contribution in [0.1, 0.15) is 36.2 Å². The van der Waals surface area contributed by atoms with Crippen LogP contribution >= 0.6 is 0 Å². The molecule has 0 bridgehead atoms. The van der Waals surface area contributed by atoms with Crippen LogP contribution in [0.15, 0.2) is 24.3 Å². The number of likely N-dealkylation sites (tertiary alicyclic amines) is 1. The standard InChI is InChI=1S/C14H20N2O/c1-10-6-4-5-7-11(10)13(17)16-9-8-12(15)14(16,2)3/h4-7,12H,8-9,15H2,1-3H3. The molecule has 3 heteroatoms. The van der Waals surface area contributed by atoms with E-state index >= 15 is 0 Å². The van der Waals surface area contributed by atoms with E-state index in [0.29, 0.717) is 0 Å². The molecule has 1 fully saturated rings. The summed E-state index contributed by atoms with van der Waals surface area (Å²) in [5.41, 5.74) is 7.62. The number of nitrogens with two attached hydrogens (primary N) is 1. The van der Waals surface area contributed by atoms with Crippen molar-refractivity contribution in [2.45, 2.75) is 38.8 Å². The summed E-state index contributed by atoms with van der Waals surface area (Å²) in [5, 5.41) is 0. The second-order valence-corrected chi connectivity index (χ2v) is 5.32. The van der Waals surface area contributed by atoms with Gasteiger partial charge in [-0.2, -0.15) is 0 Å². The summed E-state index contributed by atoms with van der Waals surface area (Å²) in [4.78, 5) is 14.4. The minimum Gasteiger partial charge on any atom is -0.332 e. The fourth-order valence-electron chi connectivity index (χ4n) is 2.43. The zero-order valence-corrected chi connectivity index (χ0v) is 10.7. The fourth-order valence-corrected chi connectivity index (χ4v) is 2.43. The molecule has 1 aromatic rings. The molecule has 1 aromatic carbocycles. The topological polar surface area (TPSA) is 46.3 Å². The Hall–Kier alpha value is -1.35. The predicted molar refractivity (Wildman–Crippen MR) is 68.9 cm³/mol. The highest BCUT2D eigenvalue weighted by Gasteiger charge is 2.42. The van der Waals surface area contributed by atoms with Crippen molar-refractivity contribution in [2.75, 3.05) is 6.54 Å². The van der Waals surface area contributed by atoms with Crippen LogP contribution in [0.2, 0.25) is 0 Å². The molecule has 17 heavy (non-hydrogen) atoms. The van der Waals surface area contributed by atoms with Gasteiger partial charge in [-0.1, -0.05) is 18.2 Å². The Morgan fingerprint density at radius 2 is 2.06 bits per heavy atom. The number of carbonyl (C=O) groups excluding carboxylic acids is 1. The zero-order valence-electron chi connectivity index (χ0n) is 10.7. The Labute approximate surface area is 103 Å². The number of carbonyl (C=O) groups is 1. The first-order chi connectivity index (χ1) is 7.94. The van der Waals surface area contributed by atoms with E-state index < -0.39 is 0 Å². The molecule has 0 aliphatic carbocycles. The van der Waals surface area contributed by atoms with E-state index in [1.807, 2.05) is 49.9 Å². The average Bonchev–Trinajstić information content (AvgIpc) is 2.54. The van der Waals surface area contributed by atoms with Gasteiger partial charge in [-0.15, -0.1) is 0 Å². The molecule has 1 unspecified atom stereocenters. The average molecular weight is 232 g/mol. The van der Waals surface area contributed by atoms with E-state index in [1.54, 1.807) is 0 Å². The number of hydrogen-bond acceptors (Lipinski definition) is 2. The van der Waals surface area contributed by atoms with E-state index in [4.69, 9.17) is 5.73 Å². The van der Waals surface area contributed by atoms with Gasteiger partial charge in [0.05, 0.1) is 5.54 Å². The molecule has 92 valence electrons. The summed E-state index contributed by atoms with van der Waals surface area (Å²) in [7, 11) is 0. The Morgan fingerprint density at radius 3 is 2.59 bits per heavy atom. The van der Waals surface area contributed by atoms with Crippen LogP contribution in [0, 0.1) is 6.92 Å². The maximum Gasteiger partial charge on any atom is 0.254 e. The first-order valence-corrected chi connectivity index (χ1v) is 6.08. The molecule has 1 amide bonds. The van der Waals surface area contributed by atoms with Gasteiger partial charge in [0.2, 0.25) is 0 Å². The molecule has 0 saturated carbocycles. The fraction of sp³-hybridized carbons (Fsp3) is 0.500. The van der Waals surface area contributed by atoms with Gasteiger partial charge in [0, 0.05) is 18.2 Å². The lowest BCUT2D eigenvalue weighted by molar-refractivity contribution is 0.0636. The highest BCUT2D eigenvalue weighted by atomic mass is 16.2. The van der Waals surface area contributed by atoms with Crippen molar-refractivity contribution in [3.05, 3.63) is 35.4 Å². The lowest BCUT2D eigenvalue weighted by Gasteiger charge is -2.34. The first-order valence-electron chi connectivity index (χ1n) is 6.08. The Morgan fingerprint density at radius 1 is 1.41 bits per heavy atom. The van der Waals surface area contributed by atoms with Crippen LogP contribution in [0.4, 0.5) is 0 Å². The zero-order chi connectivity index (χ0) is 12.6. The third-order valence-electron chi connectivity index (χ3n) is 3.89. The molecule has 3 nitrogen and oxygen atoms in total. The van der Waals surface area contributed by atoms with Crippen molar-refractivity contribution in [1.29, 1.82) is 0 Å². The largest absolute Gasteiger partial charge is 0.332 e. The SMILES string of the molecule is Cc1ccccc1C(=O)N1CCC(N)C1(C)C. The van der Waals surface area contributed by atoms with E-state index in [0.717, 1.165) is 24.1 Å². The normalized spacial score (nSPS) is 22.8. The molecule has 1 atom stereocenters. The number of benzene rings is 1. The van der Waals surface area contributed by atoms with Crippen molar-refractivity contribution < 1.29 is 4.79 Å². The molecular weight excluding hydrogens is 212 g/mol. The number of nitrogens with zero attached hydrogens (tertiary/aromatic N) is 1. The maximum atomic E-state index is 12.5. The van der Waals surface area contributed by atoms with Gasteiger partial charge >= 0.3 is 0 Å². The third-order valence-corrected chi connectivity index (χ3v) is 3.89. The quantitative estimate of drug-likeness (QED) is 0.804. The highest BCUT2D eigenvalue weighted by Crippen LogP contribution is 2.29. The van der Waals surface area contributed by atoms with Gasteiger partial charge in [-0.3, -0.25) is 4.79 Å². The maximum absolute atomic E-state index is 12.5. The molecule has 0 radical (unpaired) electrons. The minimum absolute atomic E-state index is 0.0652. The molecule has 0 aromatic heterocycles. The van der Waals surface area contributed by atoms with Crippen molar-refractivity contribution >= 4 is 5.91 Å². The summed E-state index contributed by atoms with van der Waals surface area (Å²) in [6, 6.07) is 7.78. The van der Waals surface area contributed by atoms with Crippen molar-refractivity contribution in [2.24, 2.45) is 5.73 Å². The third kappa shape index (κ3) is 1.95. The van der Waals surface area contributed by atoms with Crippen LogP contribution < -0.4 is 5.73 Å². The van der Waals surface area contributed by atoms with Crippen molar-refractivity contribution in [1.82, 2.24) is 4.90 Å². The van der Waals surface area contributed by atoms with E-state index in [2.05, 4.69) is 0 Å². The summed E-state index contributed by atoms with van der Waals surface area (Å²) in [6.45, 7) is 6.80. The molecule has 2 rings (SSSR count). The van der Waals surface area contributed by atoms with Gasteiger partial charge in [0.1, 0.15) is 0 Å². The van der Waals surface area contributed by atoms with Crippen LogP contribution in [-0.2, 0) is 0 Å². The molecule has 2 N–H and O–H groups in total. The van der Waals surface area contributed by atoms with Crippen LogP contribution in [0.5, 0.6) is 0 Å². The highest BCUT2D eigenvalue weighted by molar-refractivity contribution is 5.96. The van der Waals surface area contributed by atoms with E-state index in [-0.39, 0.29) is 17.5 Å². The summed E-state index contributed by atoms with van der Waals surface area (Å²) in [6.07, 6.45) is 0.880. The van der Waals surface area contributed by atoms with Gasteiger partial charge < -0.3 is 10.6 Å². The lowest BCUT2D eigenvalue weighted by Crippen LogP contribution is -2.51. The monoisotopic (exact) mass is 232 g/mol. The number of amides is 1. The minimum atomic E-state index is -0.251. The molecule has 1 heterocycles. The van der Waals surface area contributed by atoms with Crippen molar-refractivity contribution in [3.63, 3.8) is 0 Å². The first kappa shape index (κ1) is 12.1. The molecule has 1 saturated heterocycles. The smallest absolute Gasteiger partial charge is 0.254 e. The van der Waals surface area contributed by atoms with Gasteiger partial charge in [0.25, 0.3) is 5.91 Å². The molecule has 0 spiro atoms. The molecule has 1 aliphatic heterocycles. The lowest BCUT2D eigenvalue weighted by atomic mass is 9.96. The van der Waals surface area contributed by atoms with E-state index in [1.165, 1.54) is 0 Å². The van der Waals surface area contributed by atoms with Gasteiger partial charge in [-0.25, -0.2) is 0 Å².